The molecule has 1 unspecified atom stereocenters. The van der Waals surface area contributed by atoms with Gasteiger partial charge in [0.15, 0.2) is 0 Å². The van der Waals surface area contributed by atoms with Crippen LogP contribution in [0.3, 0.4) is 0 Å². The second-order valence-electron chi connectivity index (χ2n) is 7.80. The van der Waals surface area contributed by atoms with E-state index in [0.717, 1.165) is 19.3 Å². The molecule has 0 radical (unpaired) electrons. The third-order valence-corrected chi connectivity index (χ3v) is 6.58. The molecule has 1 atom stereocenters. The van der Waals surface area contributed by atoms with E-state index in [2.05, 4.69) is 6.92 Å². The molecule has 158 valence electrons. The molecule has 0 amide bonds. The second kappa shape index (κ2) is 17.9. The van der Waals surface area contributed by atoms with Gasteiger partial charge in [0.1, 0.15) is 5.25 Å². The summed E-state index contributed by atoms with van der Waals surface area (Å²) >= 11 is 0. The molecule has 0 saturated heterocycles. The maximum atomic E-state index is 11.7. The quantitative estimate of drug-likeness (QED) is 0.228. The van der Waals surface area contributed by atoms with Crippen LogP contribution in [0, 0.1) is 0 Å². The first-order chi connectivity index (χ1) is 13.1. The smallest absolute Gasteiger partial charge is 1.00 e. The zero-order valence-electron chi connectivity index (χ0n) is 19.2. The summed E-state index contributed by atoms with van der Waals surface area (Å²) in [5.41, 5.74) is 0.690. The van der Waals surface area contributed by atoms with E-state index in [1.807, 2.05) is 18.2 Å². The number of hydrogen-bond donors (Lipinski definition) is 1. The monoisotopic (exact) mass is 420 g/mol. The molecular weight excluding hydrogens is 379 g/mol. The van der Waals surface area contributed by atoms with Crippen molar-refractivity contribution in [1.29, 1.82) is 0 Å². The minimum Gasteiger partial charge on any atom is -1.00 e. The van der Waals surface area contributed by atoms with Crippen LogP contribution in [0.1, 0.15) is 115 Å². The number of unbranched alkanes of at least 4 members (excludes halogenated alkanes) is 13. The Morgan fingerprint density at radius 2 is 1.14 bits per heavy atom. The first-order valence-corrected chi connectivity index (χ1v) is 12.6. The summed E-state index contributed by atoms with van der Waals surface area (Å²) in [6, 6.07) is 9.05. The number of rotatable bonds is 17. The molecular formula is C23H41NaO3S. The zero-order chi connectivity index (χ0) is 19.8. The van der Waals surface area contributed by atoms with Crippen molar-refractivity contribution in [3.8, 4) is 0 Å². The van der Waals surface area contributed by atoms with Crippen molar-refractivity contribution in [1.82, 2.24) is 0 Å². The Morgan fingerprint density at radius 1 is 0.750 bits per heavy atom. The third-order valence-electron chi connectivity index (χ3n) is 5.35. The number of hydrogen-bond acceptors (Lipinski definition) is 2. The molecule has 5 heteroatoms. The molecule has 0 fully saturated rings. The molecule has 0 saturated carbocycles. The fourth-order valence-corrected chi connectivity index (χ4v) is 4.65. The van der Waals surface area contributed by atoms with Crippen LogP contribution >= 0.6 is 0 Å². The maximum absolute atomic E-state index is 11.7. The van der Waals surface area contributed by atoms with Crippen LogP contribution in [0.4, 0.5) is 0 Å². The molecule has 28 heavy (non-hydrogen) atoms. The van der Waals surface area contributed by atoms with Crippen LogP contribution in [-0.4, -0.2) is 13.0 Å². The second-order valence-corrected chi connectivity index (χ2v) is 9.40. The van der Waals surface area contributed by atoms with Crippen molar-refractivity contribution in [2.45, 2.75) is 108 Å². The number of benzene rings is 1. The average Bonchev–Trinajstić information content (AvgIpc) is 2.64. The Bertz CT molecular complexity index is 567. The van der Waals surface area contributed by atoms with Crippen LogP contribution in [0.5, 0.6) is 0 Å². The Balaban J connectivity index is 0. The van der Waals surface area contributed by atoms with E-state index in [0.29, 0.717) is 12.0 Å². The summed E-state index contributed by atoms with van der Waals surface area (Å²) in [5, 5.41) is -0.781. The van der Waals surface area contributed by atoms with Gasteiger partial charge >= 0.3 is 29.6 Å². The van der Waals surface area contributed by atoms with Crippen molar-refractivity contribution in [2.24, 2.45) is 0 Å². The molecule has 0 aliphatic heterocycles. The zero-order valence-corrected chi connectivity index (χ0v) is 21.1. The first-order valence-electron chi connectivity index (χ1n) is 11.1. The molecule has 1 rings (SSSR count). The molecule has 1 N–H and O–H groups in total. The van der Waals surface area contributed by atoms with Crippen LogP contribution in [-0.2, 0) is 10.1 Å². The first kappa shape index (κ1) is 28.1. The maximum Gasteiger partial charge on any atom is 1.00 e. The van der Waals surface area contributed by atoms with Gasteiger partial charge in [0.05, 0.1) is 0 Å². The molecule has 1 aromatic rings. The van der Waals surface area contributed by atoms with Gasteiger partial charge in [-0.1, -0.05) is 127 Å². The summed E-state index contributed by atoms with van der Waals surface area (Å²) in [6.45, 7) is 2.26. The molecule has 0 aromatic heterocycles. The molecule has 3 nitrogen and oxygen atoms in total. The van der Waals surface area contributed by atoms with Gasteiger partial charge in [0.2, 0.25) is 0 Å². The van der Waals surface area contributed by atoms with Crippen LogP contribution in [0.2, 0.25) is 0 Å². The third kappa shape index (κ3) is 14.2. The Labute approximate surface area is 197 Å². The van der Waals surface area contributed by atoms with E-state index >= 15 is 0 Å². The van der Waals surface area contributed by atoms with E-state index in [1.165, 1.54) is 70.6 Å². The summed E-state index contributed by atoms with van der Waals surface area (Å²) in [7, 11) is -4.04. The van der Waals surface area contributed by atoms with Crippen molar-refractivity contribution in [3.05, 3.63) is 35.9 Å². The molecule has 0 aliphatic carbocycles. The standard InChI is InChI=1S/C23H40O3S.Na.H/c1-2-3-4-5-6-7-8-9-10-11-12-13-14-18-21-23(27(24,25)26)22-19-16-15-17-20-22;;/h15-17,19-20,23H,2-14,18,21H2,1H3,(H,24,25,26);;/q;+1;-1. The van der Waals surface area contributed by atoms with E-state index in [-0.39, 0.29) is 31.0 Å². The Kier molecular flexibility index (Phi) is 18.0. The Morgan fingerprint density at radius 3 is 1.54 bits per heavy atom. The summed E-state index contributed by atoms with van der Waals surface area (Å²) in [4.78, 5) is 0. The normalized spacial score (nSPS) is 12.5. The van der Waals surface area contributed by atoms with Gasteiger partial charge in [-0.05, 0) is 12.0 Å². The average molecular weight is 421 g/mol. The van der Waals surface area contributed by atoms with Gasteiger partial charge in [-0.25, -0.2) is 0 Å². The molecule has 0 heterocycles. The van der Waals surface area contributed by atoms with E-state index in [1.54, 1.807) is 12.1 Å². The largest absolute Gasteiger partial charge is 1.00 e. The van der Waals surface area contributed by atoms with Gasteiger partial charge in [-0.2, -0.15) is 8.42 Å². The van der Waals surface area contributed by atoms with Gasteiger partial charge in [0, 0.05) is 0 Å². The predicted octanol–water partition coefficient (Wildman–Crippen LogP) is 4.60. The fraction of sp³-hybridized carbons (Fsp3) is 0.739. The SMILES string of the molecule is CCCCCCCCCCCCCCCCC(c1ccccc1)S(=O)(=O)O.[H-].[Na+]. The fourth-order valence-electron chi connectivity index (χ4n) is 3.68. The molecule has 0 aliphatic rings. The minimum absolute atomic E-state index is 0. The van der Waals surface area contributed by atoms with Gasteiger partial charge in [0.25, 0.3) is 10.1 Å². The topological polar surface area (TPSA) is 54.4 Å². The van der Waals surface area contributed by atoms with Crippen LogP contribution in [0.25, 0.3) is 0 Å². The van der Waals surface area contributed by atoms with Crippen molar-refractivity contribution in [3.63, 3.8) is 0 Å². The predicted molar refractivity (Wildman–Crippen MR) is 117 cm³/mol. The Hall–Kier alpha value is 0.130. The molecule has 0 spiro atoms. The molecule has 0 bridgehead atoms. The summed E-state index contributed by atoms with van der Waals surface area (Å²) < 4.78 is 32.8. The molecule has 1 aromatic carbocycles. The van der Waals surface area contributed by atoms with E-state index in [4.69, 9.17) is 0 Å². The summed E-state index contributed by atoms with van der Waals surface area (Å²) in [6.07, 6.45) is 18.4. The van der Waals surface area contributed by atoms with Crippen LogP contribution < -0.4 is 29.6 Å². The van der Waals surface area contributed by atoms with Crippen LogP contribution in [0.15, 0.2) is 30.3 Å². The van der Waals surface area contributed by atoms with Crippen molar-refractivity contribution >= 4 is 10.1 Å². The van der Waals surface area contributed by atoms with Gasteiger partial charge in [-0.15, -0.1) is 0 Å². The van der Waals surface area contributed by atoms with Crippen molar-refractivity contribution in [2.75, 3.05) is 0 Å². The van der Waals surface area contributed by atoms with Gasteiger partial charge in [-0.3, -0.25) is 4.55 Å². The minimum atomic E-state index is -4.04. The van der Waals surface area contributed by atoms with E-state index in [9.17, 15) is 13.0 Å². The van der Waals surface area contributed by atoms with Crippen molar-refractivity contribution < 1.29 is 44.0 Å². The summed E-state index contributed by atoms with van der Waals surface area (Å²) in [5.74, 6) is 0. The van der Waals surface area contributed by atoms with Gasteiger partial charge < -0.3 is 1.43 Å². The van der Waals surface area contributed by atoms with E-state index < -0.39 is 15.4 Å².